The second kappa shape index (κ2) is 7.88. The van der Waals surface area contributed by atoms with E-state index in [0.29, 0.717) is 12.1 Å². The Morgan fingerprint density at radius 1 is 1.30 bits per heavy atom. The number of halogens is 1. The zero-order valence-electron chi connectivity index (χ0n) is 12.4. The lowest BCUT2D eigenvalue weighted by molar-refractivity contribution is -0.122. The molecule has 0 spiro atoms. The molecule has 0 fully saturated rings. The van der Waals surface area contributed by atoms with Crippen LogP contribution in [0.1, 0.15) is 52.4 Å². The van der Waals surface area contributed by atoms with Gasteiger partial charge in [-0.15, -0.1) is 0 Å². The van der Waals surface area contributed by atoms with Crippen molar-refractivity contribution in [2.45, 2.75) is 57.9 Å². The lowest BCUT2D eigenvalue weighted by Crippen LogP contribution is -2.47. The fraction of sp³-hybridized carbons (Fsp3) is 0.562. The van der Waals surface area contributed by atoms with Gasteiger partial charge >= 0.3 is 0 Å². The van der Waals surface area contributed by atoms with E-state index in [1.165, 1.54) is 31.4 Å². The van der Waals surface area contributed by atoms with E-state index < -0.39 is 11.4 Å². The van der Waals surface area contributed by atoms with Gasteiger partial charge in [-0.05, 0) is 31.5 Å². The fourth-order valence-corrected chi connectivity index (χ4v) is 2.21. The number of benzene rings is 1. The minimum Gasteiger partial charge on any atom is -0.371 e. The van der Waals surface area contributed by atoms with Crippen LogP contribution < -0.4 is 11.1 Å². The van der Waals surface area contributed by atoms with Gasteiger partial charge in [-0.2, -0.15) is 0 Å². The summed E-state index contributed by atoms with van der Waals surface area (Å²) in [6.45, 7) is 3.94. The van der Waals surface area contributed by atoms with Crippen molar-refractivity contribution in [3.8, 4) is 0 Å². The van der Waals surface area contributed by atoms with Crippen molar-refractivity contribution in [1.29, 1.82) is 0 Å². The van der Waals surface area contributed by atoms with Gasteiger partial charge in [0.25, 0.3) is 0 Å². The van der Waals surface area contributed by atoms with Gasteiger partial charge in [-0.1, -0.05) is 45.1 Å². The second-order valence-electron chi connectivity index (χ2n) is 5.50. The highest BCUT2D eigenvalue weighted by molar-refractivity contribution is 5.87. The summed E-state index contributed by atoms with van der Waals surface area (Å²) in [6, 6.07) is 6.09. The second-order valence-corrected chi connectivity index (χ2v) is 5.50. The van der Waals surface area contributed by atoms with E-state index in [1.807, 2.05) is 0 Å². The molecule has 1 aromatic carbocycles. The minimum atomic E-state index is -0.833. The van der Waals surface area contributed by atoms with E-state index in [0.717, 1.165) is 12.8 Å². The van der Waals surface area contributed by atoms with Gasteiger partial charge in [-0.3, -0.25) is 4.79 Å². The largest absolute Gasteiger partial charge is 0.371 e. The normalized spacial score (nSPS) is 13.8. The van der Waals surface area contributed by atoms with Gasteiger partial charge < -0.3 is 11.1 Å². The molecule has 0 aliphatic rings. The highest BCUT2D eigenvalue weighted by atomic mass is 19.1. The van der Waals surface area contributed by atoms with Crippen LogP contribution in [-0.4, -0.2) is 11.4 Å². The Morgan fingerprint density at radius 2 is 2.00 bits per heavy atom. The molecule has 0 heterocycles. The number of carbonyl (C=O) groups excluding carboxylic acids is 1. The van der Waals surface area contributed by atoms with Gasteiger partial charge in [0.1, 0.15) is 11.4 Å². The number of amides is 1. The third-order valence-corrected chi connectivity index (χ3v) is 3.57. The highest BCUT2D eigenvalue weighted by Gasteiger charge is 2.30. The number of nitrogens with one attached hydrogen (secondary N) is 1. The molecule has 1 amide bonds. The summed E-state index contributed by atoms with van der Waals surface area (Å²) >= 11 is 0. The van der Waals surface area contributed by atoms with Crippen molar-refractivity contribution in [1.82, 2.24) is 0 Å². The van der Waals surface area contributed by atoms with Crippen LogP contribution in [0.25, 0.3) is 0 Å². The quantitative estimate of drug-likeness (QED) is 0.675. The Labute approximate surface area is 120 Å². The molecule has 1 unspecified atom stereocenters. The molecule has 0 saturated heterocycles. The zero-order valence-corrected chi connectivity index (χ0v) is 12.4. The molecule has 1 rings (SSSR count). The highest BCUT2D eigenvalue weighted by Crippen LogP contribution is 2.22. The van der Waals surface area contributed by atoms with Crippen molar-refractivity contribution >= 4 is 11.6 Å². The Hall–Kier alpha value is -1.58. The van der Waals surface area contributed by atoms with Gasteiger partial charge in [0.15, 0.2) is 0 Å². The lowest BCUT2D eigenvalue weighted by atomic mass is 9.92. The van der Waals surface area contributed by atoms with Crippen molar-refractivity contribution in [3.63, 3.8) is 0 Å². The predicted octanol–water partition coefficient (Wildman–Crippen LogP) is 3.84. The smallest absolute Gasteiger partial charge is 0.242 e. The molecule has 3 N–H and O–H groups in total. The number of rotatable bonds is 9. The van der Waals surface area contributed by atoms with E-state index in [2.05, 4.69) is 12.2 Å². The number of anilines is 1. The van der Waals surface area contributed by atoms with Gasteiger partial charge in [0, 0.05) is 5.69 Å². The first kappa shape index (κ1) is 16.5. The molecule has 0 saturated carbocycles. The molecule has 1 atom stereocenters. The van der Waals surface area contributed by atoms with Crippen molar-refractivity contribution in [2.75, 3.05) is 5.32 Å². The summed E-state index contributed by atoms with van der Waals surface area (Å²) in [4.78, 5) is 11.7. The average Bonchev–Trinajstić information content (AvgIpc) is 2.38. The molecule has 1 aromatic rings. The third-order valence-electron chi connectivity index (χ3n) is 3.57. The molecule has 0 bridgehead atoms. The summed E-state index contributed by atoms with van der Waals surface area (Å²) in [5, 5.41) is 3.07. The van der Waals surface area contributed by atoms with Crippen LogP contribution in [0.2, 0.25) is 0 Å². The van der Waals surface area contributed by atoms with Crippen LogP contribution in [0.4, 0.5) is 10.1 Å². The van der Waals surface area contributed by atoms with Crippen LogP contribution in [0.3, 0.4) is 0 Å². The SMILES string of the molecule is CCCCCCCC(C)(Nc1cccc(F)c1)C(N)=O. The molecule has 20 heavy (non-hydrogen) atoms. The topological polar surface area (TPSA) is 55.1 Å². The zero-order chi connectivity index (χ0) is 15.0. The third kappa shape index (κ3) is 5.19. The first-order valence-corrected chi connectivity index (χ1v) is 7.31. The van der Waals surface area contributed by atoms with Crippen LogP contribution in [0.15, 0.2) is 24.3 Å². The number of carbonyl (C=O) groups is 1. The van der Waals surface area contributed by atoms with Crippen molar-refractivity contribution in [2.24, 2.45) is 5.73 Å². The maximum absolute atomic E-state index is 13.2. The van der Waals surface area contributed by atoms with E-state index in [9.17, 15) is 9.18 Å². The number of hydrogen-bond donors (Lipinski definition) is 2. The maximum atomic E-state index is 13.2. The molecule has 0 aliphatic carbocycles. The average molecular weight is 280 g/mol. The first-order chi connectivity index (χ1) is 9.48. The van der Waals surface area contributed by atoms with E-state index >= 15 is 0 Å². The molecule has 0 aromatic heterocycles. The summed E-state index contributed by atoms with van der Waals surface area (Å²) in [5.74, 6) is -0.734. The Bertz CT molecular complexity index is 436. The van der Waals surface area contributed by atoms with Gasteiger partial charge in [0.05, 0.1) is 0 Å². The molecule has 0 aliphatic heterocycles. The standard InChI is InChI=1S/C16H25FN2O/c1-3-4-5-6-7-11-16(2,15(18)20)19-14-10-8-9-13(17)12-14/h8-10,12,19H,3-7,11H2,1-2H3,(H2,18,20). The van der Waals surface area contributed by atoms with Crippen LogP contribution in [-0.2, 0) is 4.79 Å². The molecular formula is C16H25FN2O. The van der Waals surface area contributed by atoms with Crippen molar-refractivity contribution in [3.05, 3.63) is 30.1 Å². The predicted molar refractivity (Wildman–Crippen MR) is 81.0 cm³/mol. The van der Waals surface area contributed by atoms with Gasteiger partial charge in [-0.25, -0.2) is 4.39 Å². The van der Waals surface area contributed by atoms with Crippen LogP contribution >= 0.6 is 0 Å². The Kier molecular flexibility index (Phi) is 6.49. The van der Waals surface area contributed by atoms with Crippen LogP contribution in [0.5, 0.6) is 0 Å². The van der Waals surface area contributed by atoms with Gasteiger partial charge in [0.2, 0.25) is 5.91 Å². The number of unbranched alkanes of at least 4 members (excludes halogenated alkanes) is 4. The number of primary amides is 1. The van der Waals surface area contributed by atoms with E-state index in [1.54, 1.807) is 19.1 Å². The van der Waals surface area contributed by atoms with E-state index in [4.69, 9.17) is 5.73 Å². The summed E-state index contributed by atoms with van der Waals surface area (Å²) < 4.78 is 13.2. The number of hydrogen-bond acceptors (Lipinski definition) is 2. The first-order valence-electron chi connectivity index (χ1n) is 7.31. The molecule has 0 radical (unpaired) electrons. The minimum absolute atomic E-state index is 0.329. The van der Waals surface area contributed by atoms with Crippen LogP contribution in [0, 0.1) is 5.82 Å². The fourth-order valence-electron chi connectivity index (χ4n) is 2.21. The molecule has 4 heteroatoms. The maximum Gasteiger partial charge on any atom is 0.242 e. The molecular weight excluding hydrogens is 255 g/mol. The van der Waals surface area contributed by atoms with Crippen molar-refractivity contribution < 1.29 is 9.18 Å². The monoisotopic (exact) mass is 280 g/mol. The molecule has 3 nitrogen and oxygen atoms in total. The lowest BCUT2D eigenvalue weighted by Gasteiger charge is -2.28. The summed E-state index contributed by atoms with van der Waals surface area (Å²) in [7, 11) is 0. The summed E-state index contributed by atoms with van der Waals surface area (Å²) in [6.07, 6.45) is 6.25. The Balaban J connectivity index is 2.60. The summed E-state index contributed by atoms with van der Waals surface area (Å²) in [5.41, 5.74) is 5.25. The number of nitrogens with two attached hydrogens (primary N) is 1. The molecule has 112 valence electrons. The Morgan fingerprint density at radius 3 is 2.60 bits per heavy atom. The van der Waals surface area contributed by atoms with E-state index in [-0.39, 0.29) is 5.82 Å².